The SMILES string of the molecule is C=C(CC)NNc1nc(-c2cc3cccc(OC)c3oc2=O)cs1. The molecule has 24 heavy (non-hydrogen) atoms. The number of methoxy groups -OCH3 is 1. The minimum atomic E-state index is -0.449. The molecular weight excluding hydrogens is 326 g/mol. The van der Waals surface area contributed by atoms with E-state index in [4.69, 9.17) is 9.15 Å². The number of para-hydroxylation sites is 1. The number of nitrogens with one attached hydrogen (secondary N) is 2. The predicted octanol–water partition coefficient (Wildman–Crippen LogP) is 3.77. The Morgan fingerprint density at radius 2 is 2.29 bits per heavy atom. The van der Waals surface area contributed by atoms with Crippen molar-refractivity contribution in [2.45, 2.75) is 13.3 Å². The lowest BCUT2D eigenvalue weighted by atomic mass is 10.1. The van der Waals surface area contributed by atoms with Gasteiger partial charge in [0, 0.05) is 16.5 Å². The van der Waals surface area contributed by atoms with Gasteiger partial charge in [0.05, 0.1) is 18.4 Å². The Balaban J connectivity index is 1.95. The van der Waals surface area contributed by atoms with Crippen molar-refractivity contribution in [2.24, 2.45) is 0 Å². The number of benzene rings is 1. The Morgan fingerprint density at radius 1 is 1.46 bits per heavy atom. The number of rotatable bonds is 6. The molecule has 0 spiro atoms. The lowest BCUT2D eigenvalue weighted by molar-refractivity contribution is 0.407. The number of hydrogen-bond donors (Lipinski definition) is 2. The zero-order chi connectivity index (χ0) is 17.1. The van der Waals surface area contributed by atoms with Crippen LogP contribution in [0.3, 0.4) is 0 Å². The second-order valence-electron chi connectivity index (χ2n) is 5.07. The highest BCUT2D eigenvalue weighted by molar-refractivity contribution is 7.14. The molecule has 2 N–H and O–H groups in total. The first-order valence-electron chi connectivity index (χ1n) is 7.39. The van der Waals surface area contributed by atoms with Crippen LogP contribution in [-0.2, 0) is 0 Å². The van der Waals surface area contributed by atoms with Crippen molar-refractivity contribution in [1.29, 1.82) is 0 Å². The van der Waals surface area contributed by atoms with Crippen molar-refractivity contribution in [2.75, 3.05) is 12.5 Å². The monoisotopic (exact) mass is 343 g/mol. The fraction of sp³-hybridized carbons (Fsp3) is 0.176. The molecule has 0 aliphatic carbocycles. The number of aromatic nitrogens is 1. The zero-order valence-corrected chi connectivity index (χ0v) is 14.2. The van der Waals surface area contributed by atoms with E-state index in [2.05, 4.69) is 22.4 Å². The summed E-state index contributed by atoms with van der Waals surface area (Å²) in [5, 5.41) is 3.23. The maximum atomic E-state index is 12.3. The van der Waals surface area contributed by atoms with Crippen LogP contribution in [0.4, 0.5) is 5.13 Å². The Bertz CT molecular complexity index is 946. The molecule has 0 saturated carbocycles. The summed E-state index contributed by atoms with van der Waals surface area (Å²) in [5.41, 5.74) is 7.73. The molecule has 2 aromatic heterocycles. The molecule has 2 heterocycles. The number of nitrogens with zero attached hydrogens (tertiary/aromatic N) is 1. The van der Waals surface area contributed by atoms with E-state index in [1.165, 1.54) is 18.4 Å². The van der Waals surface area contributed by atoms with E-state index in [0.717, 1.165) is 17.5 Å². The summed E-state index contributed by atoms with van der Waals surface area (Å²) in [6.45, 7) is 5.84. The molecule has 0 saturated heterocycles. The lowest BCUT2D eigenvalue weighted by Gasteiger charge is -2.07. The Morgan fingerprint density at radius 3 is 3.04 bits per heavy atom. The molecule has 0 bridgehead atoms. The summed E-state index contributed by atoms with van der Waals surface area (Å²) in [6.07, 6.45) is 0.807. The third kappa shape index (κ3) is 3.11. The number of hydrogen-bond acceptors (Lipinski definition) is 7. The smallest absolute Gasteiger partial charge is 0.345 e. The van der Waals surface area contributed by atoms with Gasteiger partial charge in [-0.1, -0.05) is 25.6 Å². The minimum absolute atomic E-state index is 0.411. The van der Waals surface area contributed by atoms with Gasteiger partial charge in [-0.15, -0.1) is 11.3 Å². The zero-order valence-electron chi connectivity index (χ0n) is 13.4. The van der Waals surface area contributed by atoms with E-state index in [9.17, 15) is 4.79 Å². The van der Waals surface area contributed by atoms with E-state index in [1.54, 1.807) is 17.5 Å². The van der Waals surface area contributed by atoms with Gasteiger partial charge in [0.15, 0.2) is 11.3 Å². The van der Waals surface area contributed by atoms with Crippen LogP contribution in [0.15, 0.2) is 51.1 Å². The average Bonchev–Trinajstić information content (AvgIpc) is 3.07. The Hall–Kier alpha value is -2.80. The molecule has 3 aromatic rings. The summed E-state index contributed by atoms with van der Waals surface area (Å²) in [5.74, 6) is 0.527. The van der Waals surface area contributed by atoms with Crippen LogP contribution in [0.25, 0.3) is 22.2 Å². The van der Waals surface area contributed by atoms with Crippen molar-refractivity contribution < 1.29 is 9.15 Å². The van der Waals surface area contributed by atoms with Gasteiger partial charge in [0.2, 0.25) is 5.13 Å². The fourth-order valence-electron chi connectivity index (χ4n) is 2.14. The molecule has 3 rings (SSSR count). The van der Waals surface area contributed by atoms with Crippen molar-refractivity contribution in [1.82, 2.24) is 10.4 Å². The molecule has 124 valence electrons. The van der Waals surface area contributed by atoms with Gasteiger partial charge in [-0.05, 0) is 18.6 Å². The first-order valence-corrected chi connectivity index (χ1v) is 8.27. The van der Waals surface area contributed by atoms with E-state index in [0.29, 0.717) is 27.7 Å². The quantitative estimate of drug-likeness (QED) is 0.524. The van der Waals surface area contributed by atoms with E-state index in [-0.39, 0.29) is 0 Å². The molecular formula is C17H17N3O3S. The molecule has 0 amide bonds. The lowest BCUT2D eigenvalue weighted by Crippen LogP contribution is -2.19. The second kappa shape index (κ2) is 6.76. The van der Waals surface area contributed by atoms with Crippen LogP contribution in [0.1, 0.15) is 13.3 Å². The van der Waals surface area contributed by atoms with Gasteiger partial charge in [0.1, 0.15) is 0 Å². The van der Waals surface area contributed by atoms with Gasteiger partial charge in [0.25, 0.3) is 0 Å². The Labute approximate surface area is 142 Å². The highest BCUT2D eigenvalue weighted by Gasteiger charge is 2.13. The summed E-state index contributed by atoms with van der Waals surface area (Å²) in [4.78, 5) is 16.7. The molecule has 0 unspecified atom stereocenters. The first-order chi connectivity index (χ1) is 11.6. The molecule has 0 aliphatic heterocycles. The van der Waals surface area contributed by atoms with Crippen LogP contribution < -0.4 is 21.2 Å². The third-order valence-corrected chi connectivity index (χ3v) is 4.25. The molecule has 1 aromatic carbocycles. The number of allylic oxidation sites excluding steroid dienone is 1. The van der Waals surface area contributed by atoms with Crippen molar-refractivity contribution in [3.05, 3.63) is 52.3 Å². The molecule has 6 nitrogen and oxygen atoms in total. The fourth-order valence-corrected chi connectivity index (χ4v) is 2.81. The van der Waals surface area contributed by atoms with Gasteiger partial charge in [-0.25, -0.2) is 9.78 Å². The number of ether oxygens (including phenoxy) is 1. The normalized spacial score (nSPS) is 10.6. The summed E-state index contributed by atoms with van der Waals surface area (Å²) in [7, 11) is 1.54. The van der Waals surface area contributed by atoms with Gasteiger partial charge in [-0.2, -0.15) is 0 Å². The second-order valence-corrected chi connectivity index (χ2v) is 5.93. The molecule has 0 fully saturated rings. The number of thiazole rings is 1. The molecule has 0 radical (unpaired) electrons. The number of hydrazine groups is 1. The van der Waals surface area contributed by atoms with Crippen LogP contribution in [0, 0.1) is 0 Å². The third-order valence-electron chi connectivity index (χ3n) is 3.50. The summed E-state index contributed by atoms with van der Waals surface area (Å²) in [6, 6.07) is 7.23. The van der Waals surface area contributed by atoms with E-state index < -0.39 is 5.63 Å². The highest BCUT2D eigenvalue weighted by Crippen LogP contribution is 2.28. The summed E-state index contributed by atoms with van der Waals surface area (Å²) >= 11 is 1.39. The van der Waals surface area contributed by atoms with Crippen molar-refractivity contribution >= 4 is 27.4 Å². The van der Waals surface area contributed by atoms with E-state index >= 15 is 0 Å². The topological polar surface area (TPSA) is 76.4 Å². The molecule has 7 heteroatoms. The van der Waals surface area contributed by atoms with Crippen LogP contribution >= 0.6 is 11.3 Å². The van der Waals surface area contributed by atoms with Crippen molar-refractivity contribution in [3.63, 3.8) is 0 Å². The summed E-state index contributed by atoms with van der Waals surface area (Å²) < 4.78 is 10.7. The van der Waals surface area contributed by atoms with E-state index in [1.807, 2.05) is 19.1 Å². The van der Waals surface area contributed by atoms with Crippen LogP contribution in [0.2, 0.25) is 0 Å². The predicted molar refractivity (Wildman–Crippen MR) is 96.3 cm³/mol. The average molecular weight is 343 g/mol. The number of fused-ring (bicyclic) bond motifs is 1. The maximum absolute atomic E-state index is 12.3. The molecule has 0 atom stereocenters. The van der Waals surface area contributed by atoms with Crippen LogP contribution in [-0.4, -0.2) is 12.1 Å². The minimum Gasteiger partial charge on any atom is -0.493 e. The highest BCUT2D eigenvalue weighted by atomic mass is 32.1. The maximum Gasteiger partial charge on any atom is 0.345 e. The standard InChI is InChI=1S/C17H17N3O3S/c1-4-10(2)19-20-17-18-13(9-24-17)12-8-11-6-5-7-14(22-3)15(11)23-16(12)21/h5-9,19H,2,4H2,1,3H3,(H,18,20). The number of anilines is 1. The molecule has 0 aliphatic rings. The van der Waals surface area contributed by atoms with Gasteiger partial charge in [-0.3, -0.25) is 5.43 Å². The van der Waals surface area contributed by atoms with Crippen LogP contribution in [0.5, 0.6) is 5.75 Å². The van der Waals surface area contributed by atoms with Gasteiger partial charge < -0.3 is 14.6 Å². The Kier molecular flexibility index (Phi) is 4.52. The largest absolute Gasteiger partial charge is 0.493 e. The van der Waals surface area contributed by atoms with Crippen molar-refractivity contribution in [3.8, 4) is 17.0 Å². The van der Waals surface area contributed by atoms with Gasteiger partial charge >= 0.3 is 5.63 Å². The first kappa shape index (κ1) is 16.1.